The molecule has 1 aromatic heterocycles. The van der Waals surface area contributed by atoms with Gasteiger partial charge in [0.05, 0.1) is 19.3 Å². The molecular formula is C14H18ClN3O. The molecule has 0 spiro atoms. The third-order valence-corrected chi connectivity index (χ3v) is 3.71. The van der Waals surface area contributed by atoms with Crippen LogP contribution in [-0.4, -0.2) is 16.9 Å². The maximum atomic E-state index is 6.38. The molecule has 0 aliphatic rings. The second kappa shape index (κ2) is 5.63. The molecule has 5 heteroatoms. The highest BCUT2D eigenvalue weighted by Crippen LogP contribution is 2.31. The molecule has 1 unspecified atom stereocenters. The number of hydrogen-bond donors (Lipinski definition) is 1. The van der Waals surface area contributed by atoms with Crippen molar-refractivity contribution in [3.63, 3.8) is 0 Å². The first-order chi connectivity index (χ1) is 9.10. The fourth-order valence-corrected chi connectivity index (χ4v) is 2.39. The minimum atomic E-state index is -0.309. The van der Waals surface area contributed by atoms with E-state index in [1.807, 2.05) is 36.7 Å². The van der Waals surface area contributed by atoms with Crippen LogP contribution in [0.5, 0.6) is 5.75 Å². The maximum absolute atomic E-state index is 6.38. The van der Waals surface area contributed by atoms with Crippen molar-refractivity contribution in [2.75, 3.05) is 7.11 Å². The van der Waals surface area contributed by atoms with Crippen molar-refractivity contribution in [2.24, 2.45) is 5.73 Å². The Labute approximate surface area is 118 Å². The van der Waals surface area contributed by atoms with E-state index < -0.39 is 0 Å². The first-order valence-electron chi connectivity index (χ1n) is 6.20. The summed E-state index contributed by atoms with van der Waals surface area (Å²) in [6.07, 6.45) is 1.69. The molecule has 4 nitrogen and oxygen atoms in total. The second-order valence-corrected chi connectivity index (χ2v) is 4.75. The van der Waals surface area contributed by atoms with Crippen LogP contribution in [0.15, 0.2) is 24.4 Å². The summed E-state index contributed by atoms with van der Waals surface area (Å²) in [6, 6.07) is 5.44. The first-order valence-corrected chi connectivity index (χ1v) is 6.58. The van der Waals surface area contributed by atoms with Crippen LogP contribution in [0.2, 0.25) is 5.02 Å². The minimum Gasteiger partial charge on any atom is -0.493 e. The molecule has 0 radical (unpaired) electrons. The number of methoxy groups -OCH3 is 1. The number of nitrogens with two attached hydrogens (primary N) is 1. The van der Waals surface area contributed by atoms with Gasteiger partial charge in [-0.3, -0.25) is 4.68 Å². The quantitative estimate of drug-likeness (QED) is 0.936. The molecule has 0 amide bonds. The van der Waals surface area contributed by atoms with E-state index in [0.29, 0.717) is 5.75 Å². The molecule has 0 saturated heterocycles. The lowest BCUT2D eigenvalue weighted by atomic mass is 9.99. The Morgan fingerprint density at radius 2 is 2.21 bits per heavy atom. The van der Waals surface area contributed by atoms with Crippen LogP contribution in [0.3, 0.4) is 0 Å². The van der Waals surface area contributed by atoms with Gasteiger partial charge in [-0.05, 0) is 31.0 Å². The monoisotopic (exact) mass is 279 g/mol. The zero-order chi connectivity index (χ0) is 14.0. The summed E-state index contributed by atoms with van der Waals surface area (Å²) in [7, 11) is 1.62. The van der Waals surface area contributed by atoms with E-state index in [9.17, 15) is 0 Å². The average molecular weight is 280 g/mol. The van der Waals surface area contributed by atoms with Gasteiger partial charge in [-0.25, -0.2) is 0 Å². The largest absolute Gasteiger partial charge is 0.493 e. The fraction of sp³-hybridized carbons (Fsp3) is 0.357. The molecule has 2 N–H and O–H groups in total. The highest BCUT2D eigenvalue weighted by molar-refractivity contribution is 6.31. The van der Waals surface area contributed by atoms with Gasteiger partial charge in [0.15, 0.2) is 5.75 Å². The van der Waals surface area contributed by atoms with Gasteiger partial charge in [-0.15, -0.1) is 0 Å². The van der Waals surface area contributed by atoms with E-state index in [2.05, 4.69) is 5.10 Å². The lowest BCUT2D eigenvalue weighted by Crippen LogP contribution is -2.19. The van der Waals surface area contributed by atoms with Crippen LogP contribution >= 0.6 is 11.6 Å². The zero-order valence-electron chi connectivity index (χ0n) is 11.4. The number of rotatable bonds is 4. The fourth-order valence-electron chi connectivity index (χ4n) is 2.21. The van der Waals surface area contributed by atoms with E-state index in [-0.39, 0.29) is 6.04 Å². The second-order valence-electron chi connectivity index (χ2n) is 4.35. The van der Waals surface area contributed by atoms with E-state index >= 15 is 0 Å². The van der Waals surface area contributed by atoms with Crippen molar-refractivity contribution in [3.8, 4) is 5.75 Å². The number of benzene rings is 1. The van der Waals surface area contributed by atoms with Crippen LogP contribution in [-0.2, 0) is 6.54 Å². The van der Waals surface area contributed by atoms with Crippen LogP contribution in [0, 0.1) is 6.92 Å². The number of aromatic nitrogens is 2. The van der Waals surface area contributed by atoms with E-state index in [1.165, 1.54) is 0 Å². The molecule has 0 aliphatic heterocycles. The Hall–Kier alpha value is -1.52. The summed E-state index contributed by atoms with van der Waals surface area (Å²) < 4.78 is 7.20. The zero-order valence-corrected chi connectivity index (χ0v) is 12.1. The Balaban J connectivity index is 2.52. The van der Waals surface area contributed by atoms with Crippen molar-refractivity contribution in [1.82, 2.24) is 9.78 Å². The topological polar surface area (TPSA) is 53.1 Å². The SMILES string of the molecule is CCn1ncc(OC)c1C(N)c1cccc(Cl)c1C. The van der Waals surface area contributed by atoms with Crippen molar-refractivity contribution in [2.45, 2.75) is 26.4 Å². The van der Waals surface area contributed by atoms with Crippen LogP contribution in [0.1, 0.15) is 29.8 Å². The van der Waals surface area contributed by atoms with Gasteiger partial charge in [0.25, 0.3) is 0 Å². The van der Waals surface area contributed by atoms with Crippen LogP contribution < -0.4 is 10.5 Å². The van der Waals surface area contributed by atoms with Gasteiger partial charge >= 0.3 is 0 Å². The number of ether oxygens (including phenoxy) is 1. The Bertz CT molecular complexity index is 559. The minimum absolute atomic E-state index is 0.309. The van der Waals surface area contributed by atoms with Gasteiger partial charge in [0.1, 0.15) is 5.69 Å². The Morgan fingerprint density at radius 3 is 2.84 bits per heavy atom. The molecule has 1 aromatic carbocycles. The van der Waals surface area contributed by atoms with Crippen molar-refractivity contribution < 1.29 is 4.74 Å². The molecule has 102 valence electrons. The predicted molar refractivity (Wildman–Crippen MR) is 76.7 cm³/mol. The number of halogens is 1. The summed E-state index contributed by atoms with van der Waals surface area (Å²) in [5.41, 5.74) is 9.23. The summed E-state index contributed by atoms with van der Waals surface area (Å²) >= 11 is 6.16. The third kappa shape index (κ3) is 2.46. The van der Waals surface area contributed by atoms with Crippen molar-refractivity contribution in [3.05, 3.63) is 46.2 Å². The van der Waals surface area contributed by atoms with E-state index in [0.717, 1.165) is 28.4 Å². The molecule has 0 bridgehead atoms. The molecule has 0 fully saturated rings. The number of hydrogen-bond acceptors (Lipinski definition) is 3. The van der Waals surface area contributed by atoms with Gasteiger partial charge < -0.3 is 10.5 Å². The number of aryl methyl sites for hydroxylation is 1. The molecule has 2 rings (SSSR count). The summed E-state index contributed by atoms with van der Waals surface area (Å²) in [5, 5.41) is 5.00. The van der Waals surface area contributed by atoms with Gasteiger partial charge in [-0.1, -0.05) is 23.7 Å². The highest BCUT2D eigenvalue weighted by Gasteiger charge is 2.21. The number of nitrogens with zero attached hydrogens (tertiary/aromatic N) is 2. The molecule has 1 heterocycles. The van der Waals surface area contributed by atoms with E-state index in [1.54, 1.807) is 13.3 Å². The van der Waals surface area contributed by atoms with Gasteiger partial charge in [0.2, 0.25) is 0 Å². The summed E-state index contributed by atoms with van der Waals surface area (Å²) in [4.78, 5) is 0. The van der Waals surface area contributed by atoms with Crippen molar-refractivity contribution >= 4 is 11.6 Å². The van der Waals surface area contributed by atoms with Crippen LogP contribution in [0.4, 0.5) is 0 Å². The first kappa shape index (κ1) is 13.9. The maximum Gasteiger partial charge on any atom is 0.161 e. The molecule has 1 atom stereocenters. The Kier molecular flexibility index (Phi) is 4.12. The third-order valence-electron chi connectivity index (χ3n) is 3.30. The highest BCUT2D eigenvalue weighted by atomic mass is 35.5. The summed E-state index contributed by atoms with van der Waals surface area (Å²) in [6.45, 7) is 4.73. The lowest BCUT2D eigenvalue weighted by molar-refractivity contribution is 0.404. The van der Waals surface area contributed by atoms with E-state index in [4.69, 9.17) is 22.1 Å². The van der Waals surface area contributed by atoms with Crippen molar-refractivity contribution in [1.29, 1.82) is 0 Å². The van der Waals surface area contributed by atoms with Gasteiger partial charge in [-0.2, -0.15) is 5.10 Å². The Morgan fingerprint density at radius 1 is 1.47 bits per heavy atom. The average Bonchev–Trinajstić information content (AvgIpc) is 2.84. The van der Waals surface area contributed by atoms with Crippen LogP contribution in [0.25, 0.3) is 0 Å². The normalized spacial score (nSPS) is 12.5. The summed E-state index contributed by atoms with van der Waals surface area (Å²) in [5.74, 6) is 0.703. The standard InChI is InChI=1S/C14H18ClN3O/c1-4-18-14(12(19-3)8-17-18)13(16)10-6-5-7-11(15)9(10)2/h5-8,13H,4,16H2,1-3H3. The smallest absolute Gasteiger partial charge is 0.161 e. The molecule has 0 aliphatic carbocycles. The predicted octanol–water partition coefficient (Wildman–Crippen LogP) is 2.92. The molecule has 0 saturated carbocycles. The lowest BCUT2D eigenvalue weighted by Gasteiger charge is -2.18. The molecular weight excluding hydrogens is 262 g/mol. The molecule has 19 heavy (non-hydrogen) atoms. The van der Waals surface area contributed by atoms with Gasteiger partial charge in [0, 0.05) is 11.6 Å². The molecule has 2 aromatic rings.